The molecule has 1 aliphatic carbocycles. The van der Waals surface area contributed by atoms with Gasteiger partial charge in [0.1, 0.15) is 5.60 Å². The molecule has 31 heavy (non-hydrogen) atoms. The number of esters is 1. The Kier molecular flexibility index (Phi) is 5.02. The van der Waals surface area contributed by atoms with Gasteiger partial charge in [0.2, 0.25) is 5.92 Å². The molecule has 1 unspecified atom stereocenters. The highest BCUT2D eigenvalue weighted by atomic mass is 19.3. The first-order chi connectivity index (χ1) is 14.4. The second kappa shape index (κ2) is 7.21. The number of amides is 1. The Morgan fingerprint density at radius 1 is 1.19 bits per heavy atom. The maximum Gasteiger partial charge on any atom is 0.410 e. The number of benzene rings is 1. The minimum Gasteiger partial charge on any atom is -0.465 e. The number of aromatic nitrogens is 1. The molecule has 8 heteroatoms. The first kappa shape index (κ1) is 21.6. The fourth-order valence-electron chi connectivity index (χ4n) is 5.06. The lowest BCUT2D eigenvalue weighted by atomic mass is 9.59. The minimum atomic E-state index is -2.64. The van der Waals surface area contributed by atoms with Gasteiger partial charge in [-0.15, -0.1) is 0 Å². The molecule has 1 saturated carbocycles. The van der Waals surface area contributed by atoms with Crippen molar-refractivity contribution in [2.24, 2.45) is 5.41 Å². The van der Waals surface area contributed by atoms with Crippen LogP contribution >= 0.6 is 0 Å². The number of halogens is 2. The van der Waals surface area contributed by atoms with E-state index in [-0.39, 0.29) is 12.8 Å². The van der Waals surface area contributed by atoms with Gasteiger partial charge in [-0.05, 0) is 56.7 Å². The molecular formula is C23H28F2N2O4. The molecular weight excluding hydrogens is 406 g/mol. The Bertz CT molecular complexity index is 1020. The van der Waals surface area contributed by atoms with Crippen LogP contribution in [0.5, 0.6) is 0 Å². The van der Waals surface area contributed by atoms with E-state index in [1.54, 1.807) is 50.1 Å². The number of aromatic amines is 1. The molecule has 1 atom stereocenters. The molecule has 0 bridgehead atoms. The van der Waals surface area contributed by atoms with E-state index in [0.29, 0.717) is 35.9 Å². The van der Waals surface area contributed by atoms with Gasteiger partial charge in [0.05, 0.1) is 24.2 Å². The van der Waals surface area contributed by atoms with E-state index in [9.17, 15) is 18.4 Å². The summed E-state index contributed by atoms with van der Waals surface area (Å²) in [7, 11) is 1.32. The van der Waals surface area contributed by atoms with Crippen molar-refractivity contribution in [3.8, 4) is 0 Å². The van der Waals surface area contributed by atoms with Crippen LogP contribution in [0.3, 0.4) is 0 Å². The molecule has 4 rings (SSSR count). The normalized spacial score (nSPS) is 22.3. The molecule has 1 aromatic carbocycles. The summed E-state index contributed by atoms with van der Waals surface area (Å²) in [5, 5.41) is 0.673. The number of nitrogens with zero attached hydrogens (tertiary/aromatic N) is 1. The standard InChI is InChI=1S/C23H28F2N2O4/c1-21(2,3)31-20(29)27-10-8-22(12-23(24,25)13-22)11-17(27)16-6-5-15(19(28)30-4)14-7-9-26-18(14)16/h5-7,9,17,26H,8,10-13H2,1-4H3. The number of H-pyrrole nitrogens is 1. The van der Waals surface area contributed by atoms with Gasteiger partial charge < -0.3 is 19.4 Å². The summed E-state index contributed by atoms with van der Waals surface area (Å²) in [5.41, 5.74) is 0.730. The number of ether oxygens (including phenoxy) is 2. The molecule has 2 fully saturated rings. The van der Waals surface area contributed by atoms with Gasteiger partial charge in [0, 0.05) is 31.0 Å². The quantitative estimate of drug-likeness (QED) is 0.639. The number of carbonyl (C=O) groups is 2. The number of likely N-dealkylation sites (tertiary alicyclic amines) is 1. The zero-order chi connectivity index (χ0) is 22.6. The summed E-state index contributed by atoms with van der Waals surface area (Å²) in [5.74, 6) is -3.10. The van der Waals surface area contributed by atoms with Crippen LogP contribution in [0.1, 0.15) is 68.4 Å². The van der Waals surface area contributed by atoms with Crippen molar-refractivity contribution >= 4 is 23.0 Å². The Hall–Kier alpha value is -2.64. The smallest absolute Gasteiger partial charge is 0.410 e. The molecule has 6 nitrogen and oxygen atoms in total. The van der Waals surface area contributed by atoms with Gasteiger partial charge in [0.25, 0.3) is 0 Å². The number of hydrogen-bond donors (Lipinski definition) is 1. The van der Waals surface area contributed by atoms with Crippen LogP contribution in [-0.4, -0.2) is 47.1 Å². The zero-order valence-corrected chi connectivity index (χ0v) is 18.3. The van der Waals surface area contributed by atoms with Crippen LogP contribution in [-0.2, 0) is 9.47 Å². The Balaban J connectivity index is 1.74. The third-order valence-electron chi connectivity index (χ3n) is 6.30. The van der Waals surface area contributed by atoms with E-state index in [4.69, 9.17) is 9.47 Å². The van der Waals surface area contributed by atoms with Crippen molar-refractivity contribution in [3.05, 3.63) is 35.5 Å². The fraction of sp³-hybridized carbons (Fsp3) is 0.565. The first-order valence-electron chi connectivity index (χ1n) is 10.5. The van der Waals surface area contributed by atoms with Gasteiger partial charge in [-0.3, -0.25) is 0 Å². The van der Waals surface area contributed by atoms with Gasteiger partial charge in [-0.1, -0.05) is 6.07 Å². The number of methoxy groups -OCH3 is 1. The summed E-state index contributed by atoms with van der Waals surface area (Å²) in [4.78, 5) is 30.0. The second-order valence-corrected chi connectivity index (χ2v) is 9.81. The van der Waals surface area contributed by atoms with Crippen LogP contribution in [0, 0.1) is 5.41 Å². The molecule has 1 amide bonds. The third-order valence-corrected chi connectivity index (χ3v) is 6.30. The van der Waals surface area contributed by atoms with Gasteiger partial charge in [-0.25, -0.2) is 18.4 Å². The molecule has 2 aromatic rings. The van der Waals surface area contributed by atoms with Gasteiger partial charge in [0.15, 0.2) is 0 Å². The predicted molar refractivity (Wildman–Crippen MR) is 111 cm³/mol. The molecule has 1 spiro atoms. The summed E-state index contributed by atoms with van der Waals surface area (Å²) in [6, 6.07) is 4.79. The predicted octanol–water partition coefficient (Wildman–Crippen LogP) is 5.44. The average molecular weight is 434 g/mol. The molecule has 1 aromatic heterocycles. The Morgan fingerprint density at radius 3 is 2.52 bits per heavy atom. The zero-order valence-electron chi connectivity index (χ0n) is 18.3. The van der Waals surface area contributed by atoms with Crippen molar-refractivity contribution in [3.63, 3.8) is 0 Å². The number of piperidine rings is 1. The topological polar surface area (TPSA) is 71.6 Å². The molecule has 2 heterocycles. The summed E-state index contributed by atoms with van der Waals surface area (Å²) in [6.07, 6.45) is 1.88. The molecule has 2 aliphatic rings. The van der Waals surface area contributed by atoms with Gasteiger partial charge >= 0.3 is 12.1 Å². The number of fused-ring (bicyclic) bond motifs is 1. The van der Waals surface area contributed by atoms with Crippen molar-refractivity contribution in [1.82, 2.24) is 9.88 Å². The monoisotopic (exact) mass is 434 g/mol. The van der Waals surface area contributed by atoms with E-state index in [0.717, 1.165) is 5.56 Å². The van der Waals surface area contributed by atoms with Crippen molar-refractivity contribution in [2.45, 2.75) is 64.0 Å². The SMILES string of the molecule is COC(=O)c1ccc(C2CC3(CCN2C(=O)OC(C)(C)C)CC(F)(F)C3)c2[nH]ccc12. The molecule has 1 N–H and O–H groups in total. The molecule has 1 saturated heterocycles. The number of hydrogen-bond acceptors (Lipinski definition) is 4. The molecule has 1 aliphatic heterocycles. The van der Waals surface area contributed by atoms with E-state index in [1.807, 2.05) is 0 Å². The number of alkyl halides is 2. The Labute approximate surface area is 179 Å². The lowest BCUT2D eigenvalue weighted by Gasteiger charge is -2.54. The summed E-state index contributed by atoms with van der Waals surface area (Å²) in [6.45, 7) is 5.74. The third kappa shape index (κ3) is 4.00. The summed E-state index contributed by atoms with van der Waals surface area (Å²) < 4.78 is 38.1. The maximum absolute atomic E-state index is 13.8. The van der Waals surface area contributed by atoms with Crippen molar-refractivity contribution in [2.75, 3.05) is 13.7 Å². The minimum absolute atomic E-state index is 0.160. The van der Waals surface area contributed by atoms with E-state index >= 15 is 0 Å². The highest BCUT2D eigenvalue weighted by Crippen LogP contribution is 2.60. The summed E-state index contributed by atoms with van der Waals surface area (Å²) >= 11 is 0. The number of rotatable bonds is 2. The van der Waals surface area contributed by atoms with E-state index in [2.05, 4.69) is 4.98 Å². The number of carbonyl (C=O) groups excluding carboxylic acids is 2. The molecule has 0 radical (unpaired) electrons. The van der Waals surface area contributed by atoms with E-state index < -0.39 is 35.0 Å². The van der Waals surface area contributed by atoms with Crippen LogP contribution in [0.2, 0.25) is 0 Å². The fourth-order valence-corrected chi connectivity index (χ4v) is 5.06. The van der Waals surface area contributed by atoms with Gasteiger partial charge in [-0.2, -0.15) is 0 Å². The van der Waals surface area contributed by atoms with Crippen LogP contribution < -0.4 is 0 Å². The maximum atomic E-state index is 13.8. The Morgan fingerprint density at radius 2 is 1.90 bits per heavy atom. The van der Waals surface area contributed by atoms with E-state index in [1.165, 1.54) is 7.11 Å². The van der Waals surface area contributed by atoms with Crippen LogP contribution in [0.4, 0.5) is 13.6 Å². The van der Waals surface area contributed by atoms with Crippen LogP contribution in [0.15, 0.2) is 24.4 Å². The molecule has 168 valence electrons. The largest absolute Gasteiger partial charge is 0.465 e. The lowest BCUT2D eigenvalue weighted by Crippen LogP contribution is -2.54. The van der Waals surface area contributed by atoms with Crippen molar-refractivity contribution < 1.29 is 27.8 Å². The highest BCUT2D eigenvalue weighted by molar-refractivity contribution is 6.04. The first-order valence-corrected chi connectivity index (χ1v) is 10.5. The average Bonchev–Trinajstić information content (AvgIpc) is 3.13. The van der Waals surface area contributed by atoms with Crippen LogP contribution in [0.25, 0.3) is 10.9 Å². The highest BCUT2D eigenvalue weighted by Gasteiger charge is 2.59. The van der Waals surface area contributed by atoms with Crippen molar-refractivity contribution in [1.29, 1.82) is 0 Å². The number of nitrogens with one attached hydrogen (secondary N) is 1. The lowest BCUT2D eigenvalue weighted by molar-refractivity contribution is -0.183. The second-order valence-electron chi connectivity index (χ2n) is 9.81.